The Labute approximate surface area is 246 Å². The summed E-state index contributed by atoms with van der Waals surface area (Å²) in [7, 11) is 0. The number of rotatable bonds is 21. The quantitative estimate of drug-likeness (QED) is 0.0624. The molecular formula is C26H48N2O14. The van der Waals surface area contributed by atoms with Gasteiger partial charge in [-0.3, -0.25) is 9.68 Å². The molecule has 42 heavy (non-hydrogen) atoms. The summed E-state index contributed by atoms with van der Waals surface area (Å²) in [5, 5.41) is 19.6. The fourth-order valence-corrected chi connectivity index (χ4v) is 2.66. The van der Waals surface area contributed by atoms with Gasteiger partial charge in [0.1, 0.15) is 36.6 Å². The van der Waals surface area contributed by atoms with E-state index >= 15 is 0 Å². The van der Waals surface area contributed by atoms with Crippen molar-refractivity contribution in [2.75, 3.05) is 52.9 Å². The van der Waals surface area contributed by atoms with Crippen molar-refractivity contribution < 1.29 is 67.5 Å². The smallest absolute Gasteiger partial charge is 0.431 e. The first-order chi connectivity index (χ1) is 19.6. The second-order valence-electron chi connectivity index (χ2n) is 11.0. The van der Waals surface area contributed by atoms with Crippen LogP contribution in [-0.2, 0) is 47.7 Å². The van der Waals surface area contributed by atoms with Gasteiger partial charge in [-0.25, -0.2) is 19.2 Å². The van der Waals surface area contributed by atoms with E-state index in [2.05, 4.69) is 9.68 Å². The number of carbonyl (C=O) groups is 4. The third-order valence-corrected chi connectivity index (χ3v) is 4.31. The fraction of sp³-hybridized carbons (Fsp3) is 0.846. The Bertz CT molecular complexity index is 718. The van der Waals surface area contributed by atoms with E-state index in [1.165, 1.54) is 0 Å². The molecule has 0 heterocycles. The van der Waals surface area contributed by atoms with Gasteiger partial charge in [0.15, 0.2) is 13.2 Å². The van der Waals surface area contributed by atoms with Gasteiger partial charge in [0.2, 0.25) is 0 Å². The van der Waals surface area contributed by atoms with Crippen LogP contribution in [-0.4, -0.2) is 111 Å². The Morgan fingerprint density at radius 1 is 0.595 bits per heavy atom. The first-order valence-corrected chi connectivity index (χ1v) is 13.6. The highest BCUT2D eigenvalue weighted by molar-refractivity contribution is 5.72. The molecule has 0 bridgehead atoms. The summed E-state index contributed by atoms with van der Waals surface area (Å²) in [6.45, 7) is 9.22. The molecule has 0 aromatic heterocycles. The lowest BCUT2D eigenvalue weighted by atomic mass is 10.2. The van der Waals surface area contributed by atoms with Crippen LogP contribution in [0.2, 0.25) is 0 Å². The Kier molecular flexibility index (Phi) is 20.4. The van der Waals surface area contributed by atoms with Gasteiger partial charge in [0.25, 0.3) is 0 Å². The second-order valence-corrected chi connectivity index (χ2v) is 11.0. The molecule has 246 valence electrons. The van der Waals surface area contributed by atoms with Crippen LogP contribution in [0.25, 0.3) is 0 Å². The maximum atomic E-state index is 11.6. The van der Waals surface area contributed by atoms with Gasteiger partial charge >= 0.3 is 24.1 Å². The van der Waals surface area contributed by atoms with Crippen molar-refractivity contribution in [3.05, 3.63) is 0 Å². The third-order valence-electron chi connectivity index (χ3n) is 4.31. The molecule has 0 aliphatic heterocycles. The number of aliphatic hydroxyl groups is 2. The number of hydrogen-bond acceptors (Lipinski definition) is 14. The fourth-order valence-electron chi connectivity index (χ4n) is 2.66. The summed E-state index contributed by atoms with van der Waals surface area (Å²) in [5.41, 5.74) is 2.49. The molecule has 0 radical (unpaired) electrons. The molecule has 0 spiro atoms. The molecule has 16 heteroatoms. The van der Waals surface area contributed by atoms with Gasteiger partial charge in [-0.05, 0) is 54.4 Å². The highest BCUT2D eigenvalue weighted by atomic mass is 16.7. The zero-order valence-corrected chi connectivity index (χ0v) is 25.4. The van der Waals surface area contributed by atoms with Gasteiger partial charge in [-0.15, -0.1) is 0 Å². The number of aliphatic hydroxyl groups excluding tert-OH is 2. The molecular weight excluding hydrogens is 564 g/mol. The number of ether oxygens (including phenoxy) is 6. The van der Waals surface area contributed by atoms with Gasteiger partial charge in [0, 0.05) is 13.2 Å². The molecule has 0 rings (SSSR count). The van der Waals surface area contributed by atoms with Gasteiger partial charge in [-0.1, -0.05) is 12.8 Å². The van der Waals surface area contributed by atoms with Crippen LogP contribution in [0.5, 0.6) is 0 Å². The first-order valence-electron chi connectivity index (χ1n) is 13.6. The number of carbonyl (C=O) groups excluding carboxylic acids is 4. The van der Waals surface area contributed by atoms with Gasteiger partial charge in [0.05, 0.1) is 13.2 Å². The highest BCUT2D eigenvalue weighted by Crippen LogP contribution is 2.07. The van der Waals surface area contributed by atoms with Crippen LogP contribution >= 0.6 is 0 Å². The van der Waals surface area contributed by atoms with Gasteiger partial charge in [-0.2, -0.15) is 11.0 Å². The van der Waals surface area contributed by atoms with Crippen LogP contribution in [0.1, 0.15) is 67.2 Å². The Morgan fingerprint density at radius 3 is 1.29 bits per heavy atom. The van der Waals surface area contributed by atoms with Crippen LogP contribution in [0.4, 0.5) is 9.59 Å². The molecule has 4 N–H and O–H groups in total. The lowest BCUT2D eigenvalue weighted by molar-refractivity contribution is -0.156. The monoisotopic (exact) mass is 612 g/mol. The number of unbranched alkanes of at least 4 members (excludes halogenated alkanes) is 3. The number of amides is 2. The van der Waals surface area contributed by atoms with E-state index in [9.17, 15) is 29.4 Å². The SMILES string of the molecule is CC(C)(C)OC(=O)NOCC(=O)OCC(O)COCCCCCCOCC(O)COC(=O)CONC(=O)OC(C)(C)C. The van der Waals surface area contributed by atoms with Crippen molar-refractivity contribution in [1.82, 2.24) is 11.0 Å². The average molecular weight is 613 g/mol. The molecule has 0 saturated carbocycles. The summed E-state index contributed by atoms with van der Waals surface area (Å²) in [4.78, 5) is 55.3. The van der Waals surface area contributed by atoms with Crippen molar-refractivity contribution in [2.45, 2.75) is 90.6 Å². The Balaban J connectivity index is 3.59. The Hall–Kier alpha value is -2.76. The zero-order chi connectivity index (χ0) is 32.0. The minimum atomic E-state index is -1.01. The Morgan fingerprint density at radius 2 is 0.952 bits per heavy atom. The van der Waals surface area contributed by atoms with E-state index in [0.717, 1.165) is 25.7 Å². The molecule has 0 aromatic rings. The van der Waals surface area contributed by atoms with Crippen molar-refractivity contribution >= 4 is 24.1 Å². The zero-order valence-electron chi connectivity index (χ0n) is 25.4. The second kappa shape index (κ2) is 21.9. The molecule has 2 unspecified atom stereocenters. The van der Waals surface area contributed by atoms with Crippen LogP contribution in [0, 0.1) is 0 Å². The van der Waals surface area contributed by atoms with Crippen molar-refractivity contribution in [1.29, 1.82) is 0 Å². The molecule has 2 amide bonds. The number of nitrogens with one attached hydrogen (secondary N) is 2. The topological polar surface area (TPSA) is 207 Å². The first kappa shape index (κ1) is 39.2. The summed E-state index contributed by atoms with van der Waals surface area (Å²) in [6.07, 6.45) is -0.485. The molecule has 0 aliphatic rings. The molecule has 16 nitrogen and oxygen atoms in total. The lowest BCUT2D eigenvalue weighted by Crippen LogP contribution is -2.34. The molecule has 0 saturated heterocycles. The summed E-state index contributed by atoms with van der Waals surface area (Å²) < 4.78 is 30.3. The number of hydrogen-bond donors (Lipinski definition) is 4. The van der Waals surface area contributed by atoms with E-state index in [-0.39, 0.29) is 26.4 Å². The molecule has 2 atom stereocenters. The minimum Gasteiger partial charge on any atom is -0.461 e. The number of hydroxylamine groups is 2. The normalized spacial score (nSPS) is 13.0. The van der Waals surface area contributed by atoms with Crippen LogP contribution in [0.3, 0.4) is 0 Å². The van der Waals surface area contributed by atoms with E-state index in [1.54, 1.807) is 41.5 Å². The summed E-state index contributed by atoms with van der Waals surface area (Å²) >= 11 is 0. The van der Waals surface area contributed by atoms with Crippen LogP contribution in [0.15, 0.2) is 0 Å². The molecule has 0 fully saturated rings. The minimum absolute atomic E-state index is 0.0117. The average Bonchev–Trinajstić information content (AvgIpc) is 2.85. The molecule has 0 aromatic carbocycles. The maximum absolute atomic E-state index is 11.6. The largest absolute Gasteiger partial charge is 0.461 e. The van der Waals surface area contributed by atoms with E-state index in [0.29, 0.717) is 13.2 Å². The predicted molar refractivity (Wildman–Crippen MR) is 145 cm³/mol. The predicted octanol–water partition coefficient (Wildman–Crippen LogP) is 1.30. The third kappa shape index (κ3) is 27.4. The lowest BCUT2D eigenvalue weighted by Gasteiger charge is -2.19. The van der Waals surface area contributed by atoms with E-state index in [1.807, 2.05) is 11.0 Å². The number of esters is 2. The highest BCUT2D eigenvalue weighted by Gasteiger charge is 2.18. The summed E-state index contributed by atoms with van der Waals surface area (Å²) in [6, 6.07) is 0. The van der Waals surface area contributed by atoms with Crippen LogP contribution < -0.4 is 11.0 Å². The van der Waals surface area contributed by atoms with Crippen molar-refractivity contribution in [2.24, 2.45) is 0 Å². The maximum Gasteiger partial charge on any atom is 0.431 e. The van der Waals surface area contributed by atoms with Gasteiger partial charge < -0.3 is 38.6 Å². The van der Waals surface area contributed by atoms with E-state index in [4.69, 9.17) is 28.4 Å². The van der Waals surface area contributed by atoms with Crippen molar-refractivity contribution in [3.63, 3.8) is 0 Å². The van der Waals surface area contributed by atoms with Crippen molar-refractivity contribution in [3.8, 4) is 0 Å². The molecule has 0 aliphatic carbocycles. The van der Waals surface area contributed by atoms with E-state index < -0.39 is 60.7 Å². The standard InChI is InChI=1S/C26H48N2O14/c1-25(2,3)41-23(33)27-39-17-21(31)37-15-19(29)13-35-11-9-7-8-10-12-36-14-20(30)16-38-22(32)18-40-28-24(34)42-26(4,5)6/h19-20,29-30H,7-18H2,1-6H3,(H,27,33)(H,28,34). The summed E-state index contributed by atoms with van der Waals surface area (Å²) in [5.74, 6) is -1.56.